The van der Waals surface area contributed by atoms with Crippen molar-refractivity contribution in [3.8, 4) is 0 Å². The highest BCUT2D eigenvalue weighted by molar-refractivity contribution is 5.83. The number of amides is 2. The second-order valence-electron chi connectivity index (χ2n) is 9.01. The van der Waals surface area contributed by atoms with Gasteiger partial charge < -0.3 is 15.0 Å². The number of nitrogens with one attached hydrogen (secondary N) is 1. The Morgan fingerprint density at radius 3 is 2.43 bits per heavy atom. The van der Waals surface area contributed by atoms with Crippen molar-refractivity contribution < 1.29 is 19.1 Å². The number of likely N-dealkylation sites (tertiary alicyclic amines) is 1. The molecule has 1 aromatic rings. The molecule has 1 N–H and O–H groups in total. The van der Waals surface area contributed by atoms with Crippen LogP contribution in [0.5, 0.6) is 0 Å². The number of hydrogen-bond donors (Lipinski definition) is 1. The van der Waals surface area contributed by atoms with Crippen molar-refractivity contribution in [1.82, 2.24) is 10.2 Å². The molecule has 30 heavy (non-hydrogen) atoms. The summed E-state index contributed by atoms with van der Waals surface area (Å²) in [4.78, 5) is 38.6. The molecule has 2 amide bonds. The zero-order chi connectivity index (χ0) is 21.1. The quantitative estimate of drug-likeness (QED) is 0.729. The summed E-state index contributed by atoms with van der Waals surface area (Å²) in [6.07, 6.45) is 7.95. The van der Waals surface area contributed by atoms with Gasteiger partial charge in [0.1, 0.15) is 0 Å². The van der Waals surface area contributed by atoms with Gasteiger partial charge in [-0.25, -0.2) is 0 Å². The normalized spacial score (nSPS) is 20.2. The fourth-order valence-electron chi connectivity index (χ4n) is 4.57. The zero-order valence-corrected chi connectivity index (χ0v) is 17.8. The monoisotopic (exact) mass is 412 g/mol. The Morgan fingerprint density at radius 2 is 1.73 bits per heavy atom. The molecule has 2 aliphatic carbocycles. The Morgan fingerprint density at radius 1 is 1.03 bits per heavy atom. The van der Waals surface area contributed by atoms with E-state index >= 15 is 0 Å². The van der Waals surface area contributed by atoms with Crippen molar-refractivity contribution in [2.75, 3.05) is 19.7 Å². The lowest BCUT2D eigenvalue weighted by atomic mass is 9.89. The number of aryl methyl sites for hydroxylation is 2. The highest BCUT2D eigenvalue weighted by Gasteiger charge is 2.36. The minimum atomic E-state index is -0.329. The van der Waals surface area contributed by atoms with E-state index in [1.807, 2.05) is 11.8 Å². The van der Waals surface area contributed by atoms with E-state index in [1.54, 1.807) is 0 Å². The van der Waals surface area contributed by atoms with Crippen molar-refractivity contribution in [3.63, 3.8) is 0 Å². The summed E-state index contributed by atoms with van der Waals surface area (Å²) in [5.74, 6) is -0.384. The molecule has 3 aliphatic rings. The molecule has 2 fully saturated rings. The Kier molecular flexibility index (Phi) is 6.40. The first-order valence-electron chi connectivity index (χ1n) is 11.4. The number of nitrogens with zero attached hydrogens (tertiary/aromatic N) is 1. The van der Waals surface area contributed by atoms with Crippen LogP contribution in [-0.4, -0.2) is 42.4 Å². The molecular formula is C24H32N2O4. The molecule has 1 unspecified atom stereocenters. The van der Waals surface area contributed by atoms with Crippen LogP contribution in [0.1, 0.15) is 68.2 Å². The molecule has 1 aromatic carbocycles. The van der Waals surface area contributed by atoms with E-state index in [0.29, 0.717) is 25.9 Å². The first-order chi connectivity index (χ1) is 14.5. The number of fused-ring (bicyclic) bond motifs is 1. The molecule has 1 saturated carbocycles. The van der Waals surface area contributed by atoms with Crippen LogP contribution in [-0.2, 0) is 32.0 Å². The molecule has 6 heteroatoms. The van der Waals surface area contributed by atoms with Crippen molar-refractivity contribution in [3.05, 3.63) is 34.9 Å². The van der Waals surface area contributed by atoms with E-state index in [9.17, 15) is 14.4 Å². The van der Waals surface area contributed by atoms with Crippen LogP contribution in [0.4, 0.5) is 0 Å². The second-order valence-corrected chi connectivity index (χ2v) is 9.01. The van der Waals surface area contributed by atoms with Gasteiger partial charge in [-0.2, -0.15) is 0 Å². The third-order valence-corrected chi connectivity index (χ3v) is 6.66. The van der Waals surface area contributed by atoms with Gasteiger partial charge >= 0.3 is 5.97 Å². The predicted octanol–water partition coefficient (Wildman–Crippen LogP) is 2.93. The summed E-state index contributed by atoms with van der Waals surface area (Å²) in [7, 11) is 0. The maximum atomic E-state index is 12.3. The lowest BCUT2D eigenvalue weighted by Gasteiger charge is -2.31. The van der Waals surface area contributed by atoms with Crippen molar-refractivity contribution in [1.29, 1.82) is 0 Å². The van der Waals surface area contributed by atoms with Gasteiger partial charge in [0.2, 0.25) is 5.91 Å². The summed E-state index contributed by atoms with van der Waals surface area (Å²) >= 11 is 0. The molecule has 1 heterocycles. The van der Waals surface area contributed by atoms with Crippen LogP contribution in [0, 0.1) is 11.8 Å². The fraction of sp³-hybridized carbons (Fsp3) is 0.625. The lowest BCUT2D eigenvalue weighted by molar-refractivity contribution is -0.155. The number of ether oxygens (including phenoxy) is 1. The van der Waals surface area contributed by atoms with Crippen LogP contribution >= 0.6 is 0 Å². The highest BCUT2D eigenvalue weighted by Crippen LogP contribution is 2.32. The van der Waals surface area contributed by atoms with E-state index in [0.717, 1.165) is 31.2 Å². The summed E-state index contributed by atoms with van der Waals surface area (Å²) in [5.41, 5.74) is 3.89. The van der Waals surface area contributed by atoms with Gasteiger partial charge in [-0.3, -0.25) is 14.4 Å². The number of piperidine rings is 1. The van der Waals surface area contributed by atoms with Crippen LogP contribution in [0.25, 0.3) is 0 Å². The number of esters is 1. The SMILES string of the molecule is CC(NC(=O)COC(=O)C1CCN(C(=O)C2CC2)CC1)c1ccc2c(c1)CCCC2. The van der Waals surface area contributed by atoms with Crippen molar-refractivity contribution in [2.45, 2.75) is 64.3 Å². The third kappa shape index (κ3) is 5.02. The van der Waals surface area contributed by atoms with Gasteiger partial charge in [-0.1, -0.05) is 18.2 Å². The first-order valence-corrected chi connectivity index (χ1v) is 11.4. The zero-order valence-electron chi connectivity index (χ0n) is 17.8. The van der Waals surface area contributed by atoms with E-state index in [1.165, 1.54) is 24.0 Å². The Hall–Kier alpha value is -2.37. The summed E-state index contributed by atoms with van der Waals surface area (Å²) in [6, 6.07) is 6.33. The van der Waals surface area contributed by atoms with E-state index in [2.05, 4.69) is 23.5 Å². The number of carbonyl (C=O) groups is 3. The number of rotatable bonds is 6. The standard InChI is InChI=1S/C24H32N2O4/c1-16(20-9-6-17-4-2-3-5-21(17)14-20)25-22(27)15-30-24(29)19-10-12-26(13-11-19)23(28)18-7-8-18/h6,9,14,16,18-19H,2-5,7-8,10-13,15H2,1H3,(H,25,27). The van der Waals surface area contributed by atoms with Crippen LogP contribution < -0.4 is 5.32 Å². The maximum absolute atomic E-state index is 12.3. The van der Waals surface area contributed by atoms with Crippen LogP contribution in [0.2, 0.25) is 0 Å². The van der Waals surface area contributed by atoms with E-state index in [-0.39, 0.29) is 42.3 Å². The van der Waals surface area contributed by atoms with Gasteiger partial charge in [-0.15, -0.1) is 0 Å². The largest absolute Gasteiger partial charge is 0.455 e. The second kappa shape index (κ2) is 9.19. The number of hydrogen-bond acceptors (Lipinski definition) is 4. The first kappa shape index (κ1) is 20.9. The molecule has 1 saturated heterocycles. The highest BCUT2D eigenvalue weighted by atomic mass is 16.5. The minimum absolute atomic E-state index is 0.125. The maximum Gasteiger partial charge on any atom is 0.309 e. The fourth-order valence-corrected chi connectivity index (χ4v) is 4.57. The average Bonchev–Trinajstić information content (AvgIpc) is 3.62. The summed E-state index contributed by atoms with van der Waals surface area (Å²) in [5, 5.41) is 2.93. The Labute approximate surface area is 178 Å². The average molecular weight is 413 g/mol. The molecule has 0 spiro atoms. The predicted molar refractivity (Wildman–Crippen MR) is 113 cm³/mol. The molecule has 0 aromatic heterocycles. The molecular weight excluding hydrogens is 380 g/mol. The Bertz CT molecular complexity index is 809. The number of carbonyl (C=O) groups excluding carboxylic acids is 3. The summed E-state index contributed by atoms with van der Waals surface area (Å²) < 4.78 is 5.27. The molecule has 6 nitrogen and oxygen atoms in total. The third-order valence-electron chi connectivity index (χ3n) is 6.66. The van der Waals surface area contributed by atoms with Gasteiger partial charge in [0.25, 0.3) is 5.91 Å². The molecule has 0 bridgehead atoms. The summed E-state index contributed by atoms with van der Waals surface area (Å²) in [6.45, 7) is 2.92. The Balaban J connectivity index is 1.20. The topological polar surface area (TPSA) is 75.7 Å². The number of benzene rings is 1. The van der Waals surface area contributed by atoms with Crippen LogP contribution in [0.3, 0.4) is 0 Å². The molecule has 162 valence electrons. The lowest BCUT2D eigenvalue weighted by Crippen LogP contribution is -2.41. The smallest absolute Gasteiger partial charge is 0.309 e. The molecule has 0 radical (unpaired) electrons. The van der Waals surface area contributed by atoms with Gasteiger partial charge in [-0.05, 0) is 75.0 Å². The van der Waals surface area contributed by atoms with Gasteiger partial charge in [0.05, 0.1) is 12.0 Å². The van der Waals surface area contributed by atoms with E-state index in [4.69, 9.17) is 4.74 Å². The van der Waals surface area contributed by atoms with Gasteiger partial charge in [0, 0.05) is 19.0 Å². The van der Waals surface area contributed by atoms with E-state index < -0.39 is 0 Å². The van der Waals surface area contributed by atoms with Crippen molar-refractivity contribution >= 4 is 17.8 Å². The molecule has 1 aliphatic heterocycles. The van der Waals surface area contributed by atoms with Crippen molar-refractivity contribution in [2.24, 2.45) is 11.8 Å². The molecule has 1 atom stereocenters. The van der Waals surface area contributed by atoms with Crippen LogP contribution in [0.15, 0.2) is 18.2 Å². The minimum Gasteiger partial charge on any atom is -0.455 e. The van der Waals surface area contributed by atoms with Gasteiger partial charge in [0.15, 0.2) is 6.61 Å². The molecule has 4 rings (SSSR count).